The summed E-state index contributed by atoms with van der Waals surface area (Å²) in [5, 5.41) is 6.38. The van der Waals surface area contributed by atoms with Crippen LogP contribution in [0.4, 0.5) is 0 Å². The summed E-state index contributed by atoms with van der Waals surface area (Å²) in [6.07, 6.45) is 0. The van der Waals surface area contributed by atoms with Gasteiger partial charge in [-0.1, -0.05) is 36.4 Å². The van der Waals surface area contributed by atoms with Crippen molar-refractivity contribution >= 4 is 17.2 Å². The smallest absolute Gasteiger partial charge is 0.274 e. The molecular formula is C17H17N3OS. The fourth-order valence-electron chi connectivity index (χ4n) is 2.35. The number of carbonyl (C=O) groups excluding carboxylic acids is 1. The van der Waals surface area contributed by atoms with Crippen LogP contribution in [0.1, 0.15) is 16.1 Å². The Bertz CT molecular complexity index is 763. The highest BCUT2D eigenvalue weighted by Gasteiger charge is 2.18. The fraction of sp³-hybridized carbons (Fsp3) is 0.176. The van der Waals surface area contributed by atoms with Crippen molar-refractivity contribution in [2.75, 3.05) is 7.05 Å². The summed E-state index contributed by atoms with van der Waals surface area (Å²) in [6, 6.07) is 15.8. The zero-order chi connectivity index (χ0) is 15.5. The van der Waals surface area contributed by atoms with E-state index in [1.165, 1.54) is 0 Å². The first kappa shape index (κ1) is 14.5. The number of nitrogens with zero attached hydrogens (tertiary/aromatic N) is 3. The van der Waals surface area contributed by atoms with Gasteiger partial charge in [-0.3, -0.25) is 9.48 Å². The molecule has 0 unspecified atom stereocenters. The summed E-state index contributed by atoms with van der Waals surface area (Å²) in [7, 11) is 3.66. The van der Waals surface area contributed by atoms with E-state index in [2.05, 4.69) is 5.10 Å². The quantitative estimate of drug-likeness (QED) is 0.740. The zero-order valence-corrected chi connectivity index (χ0v) is 13.4. The van der Waals surface area contributed by atoms with Crippen molar-refractivity contribution in [3.05, 3.63) is 65.2 Å². The SMILES string of the molecule is CN(Cc1ccccc1)C(=O)c1cc(-c2cccs2)n(C)n1. The van der Waals surface area contributed by atoms with Gasteiger partial charge in [0.15, 0.2) is 5.69 Å². The molecule has 3 aromatic rings. The van der Waals surface area contributed by atoms with Crippen molar-refractivity contribution in [1.82, 2.24) is 14.7 Å². The van der Waals surface area contributed by atoms with E-state index in [4.69, 9.17) is 0 Å². The first-order valence-electron chi connectivity index (χ1n) is 7.02. The van der Waals surface area contributed by atoms with Gasteiger partial charge in [-0.25, -0.2) is 0 Å². The Labute approximate surface area is 133 Å². The molecule has 4 nitrogen and oxygen atoms in total. The molecule has 0 spiro atoms. The molecule has 0 radical (unpaired) electrons. The van der Waals surface area contributed by atoms with Crippen LogP contribution in [0.15, 0.2) is 53.9 Å². The Balaban J connectivity index is 1.79. The van der Waals surface area contributed by atoms with Gasteiger partial charge < -0.3 is 4.90 Å². The van der Waals surface area contributed by atoms with Crippen LogP contribution >= 0.6 is 11.3 Å². The fourth-order valence-corrected chi connectivity index (χ4v) is 3.12. The number of aryl methyl sites for hydroxylation is 1. The van der Waals surface area contributed by atoms with E-state index in [0.717, 1.165) is 16.1 Å². The predicted molar refractivity (Wildman–Crippen MR) is 88.8 cm³/mol. The van der Waals surface area contributed by atoms with Crippen LogP contribution in [-0.2, 0) is 13.6 Å². The number of hydrogen-bond acceptors (Lipinski definition) is 3. The molecule has 0 bridgehead atoms. The van der Waals surface area contributed by atoms with Gasteiger partial charge in [0.25, 0.3) is 5.91 Å². The molecule has 0 saturated heterocycles. The van der Waals surface area contributed by atoms with E-state index in [-0.39, 0.29) is 5.91 Å². The maximum atomic E-state index is 12.5. The third-order valence-electron chi connectivity index (χ3n) is 3.48. The Hall–Kier alpha value is -2.40. The molecule has 1 aromatic carbocycles. The normalized spacial score (nSPS) is 10.6. The standard InChI is InChI=1S/C17H17N3OS/c1-19(12-13-7-4-3-5-8-13)17(21)14-11-15(20(2)18-14)16-9-6-10-22-16/h3-11H,12H2,1-2H3. The average molecular weight is 311 g/mol. The molecule has 112 valence electrons. The van der Waals surface area contributed by atoms with Gasteiger partial charge in [0, 0.05) is 20.6 Å². The lowest BCUT2D eigenvalue weighted by atomic mass is 10.2. The third-order valence-corrected chi connectivity index (χ3v) is 4.37. The molecule has 0 aliphatic carbocycles. The molecule has 2 aromatic heterocycles. The lowest BCUT2D eigenvalue weighted by molar-refractivity contribution is 0.0778. The summed E-state index contributed by atoms with van der Waals surface area (Å²) in [5.74, 6) is -0.0674. The number of carbonyl (C=O) groups is 1. The topological polar surface area (TPSA) is 38.1 Å². The average Bonchev–Trinajstić information content (AvgIpc) is 3.16. The van der Waals surface area contributed by atoms with Crippen LogP contribution in [0, 0.1) is 0 Å². The van der Waals surface area contributed by atoms with Crippen LogP contribution in [0.2, 0.25) is 0 Å². The Morgan fingerprint density at radius 1 is 1.23 bits per heavy atom. The largest absolute Gasteiger partial charge is 0.336 e. The summed E-state index contributed by atoms with van der Waals surface area (Å²) in [5.41, 5.74) is 2.54. The molecule has 0 atom stereocenters. The number of aromatic nitrogens is 2. The van der Waals surface area contributed by atoms with Crippen molar-refractivity contribution in [3.63, 3.8) is 0 Å². The van der Waals surface area contributed by atoms with E-state index >= 15 is 0 Å². The minimum Gasteiger partial charge on any atom is -0.336 e. The summed E-state index contributed by atoms with van der Waals surface area (Å²) in [4.78, 5) is 15.3. The molecule has 0 saturated carbocycles. The molecule has 0 aliphatic rings. The number of benzene rings is 1. The number of hydrogen-bond donors (Lipinski definition) is 0. The van der Waals surface area contributed by atoms with Crippen LogP contribution in [0.25, 0.3) is 10.6 Å². The molecule has 3 rings (SSSR count). The maximum absolute atomic E-state index is 12.5. The van der Waals surface area contributed by atoms with Crippen molar-refractivity contribution in [3.8, 4) is 10.6 Å². The molecule has 2 heterocycles. The zero-order valence-electron chi connectivity index (χ0n) is 12.6. The summed E-state index contributed by atoms with van der Waals surface area (Å²) >= 11 is 1.64. The predicted octanol–water partition coefficient (Wildman–Crippen LogP) is 3.42. The molecular weight excluding hydrogens is 294 g/mol. The van der Waals surface area contributed by atoms with Gasteiger partial charge >= 0.3 is 0 Å². The van der Waals surface area contributed by atoms with Crippen LogP contribution < -0.4 is 0 Å². The highest BCUT2D eigenvalue weighted by molar-refractivity contribution is 7.13. The highest BCUT2D eigenvalue weighted by Crippen LogP contribution is 2.25. The van der Waals surface area contributed by atoms with Gasteiger partial charge in [-0.15, -0.1) is 11.3 Å². The molecule has 22 heavy (non-hydrogen) atoms. The number of amides is 1. The Kier molecular flexibility index (Phi) is 4.06. The maximum Gasteiger partial charge on any atom is 0.274 e. The first-order chi connectivity index (χ1) is 10.6. The van der Waals surface area contributed by atoms with Gasteiger partial charge in [-0.05, 0) is 23.1 Å². The minimum atomic E-state index is -0.0674. The summed E-state index contributed by atoms with van der Waals surface area (Å²) < 4.78 is 1.76. The third kappa shape index (κ3) is 2.94. The van der Waals surface area contributed by atoms with E-state index in [1.807, 2.05) is 61.0 Å². The lowest BCUT2D eigenvalue weighted by Gasteiger charge is -2.15. The van der Waals surface area contributed by atoms with Crippen molar-refractivity contribution < 1.29 is 4.79 Å². The van der Waals surface area contributed by atoms with Crippen molar-refractivity contribution in [2.45, 2.75) is 6.54 Å². The molecule has 0 aliphatic heterocycles. The minimum absolute atomic E-state index is 0.0674. The van der Waals surface area contributed by atoms with Gasteiger partial charge in [0.05, 0.1) is 10.6 Å². The van der Waals surface area contributed by atoms with E-state index < -0.39 is 0 Å². The second-order valence-electron chi connectivity index (χ2n) is 5.16. The molecule has 1 amide bonds. The van der Waals surface area contributed by atoms with E-state index in [0.29, 0.717) is 12.2 Å². The summed E-state index contributed by atoms with van der Waals surface area (Å²) in [6.45, 7) is 0.574. The first-order valence-corrected chi connectivity index (χ1v) is 7.90. The van der Waals surface area contributed by atoms with Gasteiger partial charge in [0.1, 0.15) is 0 Å². The highest BCUT2D eigenvalue weighted by atomic mass is 32.1. The number of thiophene rings is 1. The van der Waals surface area contributed by atoms with Gasteiger partial charge in [-0.2, -0.15) is 5.10 Å². The lowest BCUT2D eigenvalue weighted by Crippen LogP contribution is -2.26. The molecule has 0 N–H and O–H groups in total. The van der Waals surface area contributed by atoms with Crippen LogP contribution in [0.3, 0.4) is 0 Å². The van der Waals surface area contributed by atoms with Crippen LogP contribution in [-0.4, -0.2) is 27.6 Å². The molecule has 5 heteroatoms. The molecule has 0 fully saturated rings. The van der Waals surface area contributed by atoms with Crippen molar-refractivity contribution in [2.24, 2.45) is 7.05 Å². The van der Waals surface area contributed by atoms with Gasteiger partial charge in [0.2, 0.25) is 0 Å². The monoisotopic (exact) mass is 311 g/mol. The number of rotatable bonds is 4. The Morgan fingerprint density at radius 3 is 2.68 bits per heavy atom. The van der Waals surface area contributed by atoms with E-state index in [9.17, 15) is 4.79 Å². The Morgan fingerprint density at radius 2 is 2.00 bits per heavy atom. The van der Waals surface area contributed by atoms with Crippen LogP contribution in [0.5, 0.6) is 0 Å². The second-order valence-corrected chi connectivity index (χ2v) is 6.11. The second kappa shape index (κ2) is 6.15. The van der Waals surface area contributed by atoms with Crippen molar-refractivity contribution in [1.29, 1.82) is 0 Å². The van der Waals surface area contributed by atoms with E-state index in [1.54, 1.807) is 28.0 Å².